The van der Waals surface area contributed by atoms with Crippen LogP contribution < -0.4 is 0 Å². The third kappa shape index (κ3) is 14.7. The summed E-state index contributed by atoms with van der Waals surface area (Å²) < 4.78 is 16.9. The van der Waals surface area contributed by atoms with Crippen LogP contribution in [-0.2, 0) is 25.5 Å². The Labute approximate surface area is 226 Å². The number of ether oxygens (including phenoxy) is 2. The Kier molecular flexibility index (Phi) is 21.4. The Balaban J connectivity index is 0.00000192. The van der Waals surface area contributed by atoms with Crippen LogP contribution in [0.5, 0.6) is 0 Å². The van der Waals surface area contributed by atoms with E-state index >= 15 is 0 Å². The quantitative estimate of drug-likeness (QED) is 0.0916. The second kappa shape index (κ2) is 19.7. The molecule has 1 aromatic carbocycles. The number of rotatable bonds is 12. The summed E-state index contributed by atoms with van der Waals surface area (Å²) >= 11 is 7.39. The molecule has 0 heterocycles. The van der Waals surface area contributed by atoms with Gasteiger partial charge in [-0.25, -0.2) is 0 Å². The number of benzene rings is 1. The molecule has 174 valence electrons. The van der Waals surface area contributed by atoms with Gasteiger partial charge in [0.2, 0.25) is 0 Å². The van der Waals surface area contributed by atoms with E-state index in [-0.39, 0.29) is 4.92 Å². The fraction of sp³-hybridized carbons (Fsp3) is 0.619. The van der Waals surface area contributed by atoms with Crippen LogP contribution in [0.15, 0.2) is 11.6 Å². The van der Waals surface area contributed by atoms with E-state index < -0.39 is 0 Å². The topological polar surface area (TPSA) is 27.7 Å². The molecule has 0 fully saturated rings. The molecule has 0 saturated heterocycles. The van der Waals surface area contributed by atoms with Gasteiger partial charge in [0.15, 0.2) is 0 Å². The maximum atomic E-state index is 5.87. The Morgan fingerprint density at radius 2 is 1.40 bits per heavy atom. The number of halogens is 3. The predicted octanol–water partition coefficient (Wildman–Crippen LogP) is 8.54. The van der Waals surface area contributed by atoms with E-state index in [4.69, 9.17) is 14.0 Å². The fourth-order valence-electron chi connectivity index (χ4n) is 2.98. The molecule has 2 unspecified atom stereocenters. The molecule has 0 saturated carbocycles. The van der Waals surface area contributed by atoms with Gasteiger partial charge < -0.3 is 14.0 Å². The molecule has 0 bridgehead atoms. The molecule has 0 amide bonds. The number of allylic oxidation sites excluding steroid dienone is 1. The molecule has 1 aromatic rings. The van der Waals surface area contributed by atoms with Gasteiger partial charge in [-0.3, -0.25) is 0 Å². The van der Waals surface area contributed by atoms with Crippen LogP contribution in [0.1, 0.15) is 53.1 Å². The van der Waals surface area contributed by atoms with E-state index in [0.717, 1.165) is 19.4 Å². The van der Waals surface area contributed by atoms with Crippen molar-refractivity contribution in [1.29, 1.82) is 0 Å². The molecule has 3 nitrogen and oxygen atoms in total. The summed E-state index contributed by atoms with van der Waals surface area (Å²) in [6.45, 7) is 16.6. The van der Waals surface area contributed by atoms with E-state index in [0.29, 0.717) is 34.9 Å². The zero-order valence-electron chi connectivity index (χ0n) is 18.9. The molecule has 0 radical (unpaired) electrons. The zero-order valence-corrected chi connectivity index (χ0v) is 28.9. The first-order valence-corrected chi connectivity index (χ1v) is 26.1. The van der Waals surface area contributed by atoms with Crippen LogP contribution in [0.25, 0.3) is 0 Å². The van der Waals surface area contributed by atoms with Crippen LogP contribution in [0.2, 0.25) is 0 Å². The van der Waals surface area contributed by atoms with Gasteiger partial charge >= 0.3 is 64.9 Å². The van der Waals surface area contributed by atoms with Crippen LogP contribution >= 0.6 is 77.4 Å². The SMILES string of the molecule is C/C(=C\COPP)CCCOCCOCc1c(C)c(C)c(C)c(C)c1C.[I][V]([I])[I]. The number of hydrogen-bond acceptors (Lipinski definition) is 3. The van der Waals surface area contributed by atoms with Gasteiger partial charge in [0.1, 0.15) is 0 Å². The summed E-state index contributed by atoms with van der Waals surface area (Å²) in [7, 11) is 3.07. The maximum absolute atomic E-state index is 5.87. The molecule has 30 heavy (non-hydrogen) atoms. The predicted molar refractivity (Wildman–Crippen MR) is 160 cm³/mol. The standard InChI is InChI=1S/C21H36O3P2.3HI.V/c1-15(9-11-24-26-25)8-7-10-22-12-13-23-14-21-19(5)17(3)16(2)18(4)20(21)6;;;;/h9,26H,7-8,10-14,25H2,1-6H3;3*1H;/q;;;;+3/p-3/b15-9+;;;;. The number of hydrogen-bond donors (Lipinski definition) is 0. The normalized spacial score (nSPS) is 12.0. The molecule has 9 heteroatoms. The average Bonchev–Trinajstić information content (AvgIpc) is 2.69. The van der Waals surface area contributed by atoms with E-state index in [1.54, 1.807) is 0 Å². The minimum absolute atomic E-state index is 0.278. The molecule has 2 atom stereocenters. The Bertz CT molecular complexity index is 627. The fourth-order valence-corrected chi connectivity index (χ4v) is 3.44. The van der Waals surface area contributed by atoms with Crippen molar-refractivity contribution < 1.29 is 18.9 Å². The summed E-state index contributed by atoms with van der Waals surface area (Å²) in [6.07, 6.45) is 4.25. The average molecular weight is 830 g/mol. The summed E-state index contributed by atoms with van der Waals surface area (Å²) in [4.78, 5) is -0.278. The van der Waals surface area contributed by atoms with Crippen molar-refractivity contribution in [1.82, 2.24) is 0 Å². The first kappa shape index (κ1) is 32.5. The van der Waals surface area contributed by atoms with Crippen LogP contribution in [0.4, 0.5) is 0 Å². The van der Waals surface area contributed by atoms with Gasteiger partial charge in [0, 0.05) is 15.1 Å². The van der Waals surface area contributed by atoms with Crippen LogP contribution in [-0.4, -0.2) is 26.4 Å². The molecule has 0 aliphatic carbocycles. The molecule has 1 rings (SSSR count). The summed E-state index contributed by atoms with van der Waals surface area (Å²) in [5, 5.41) is 0. The van der Waals surface area contributed by atoms with Gasteiger partial charge in [0.05, 0.1) is 26.4 Å². The summed E-state index contributed by atoms with van der Waals surface area (Å²) in [5.41, 5.74) is 9.59. The zero-order chi connectivity index (χ0) is 23.1. The van der Waals surface area contributed by atoms with Gasteiger partial charge in [0.25, 0.3) is 0 Å². The van der Waals surface area contributed by atoms with E-state index in [9.17, 15) is 0 Å². The van der Waals surface area contributed by atoms with Crippen molar-refractivity contribution in [3.05, 3.63) is 45.0 Å². The third-order valence-corrected chi connectivity index (χ3v) is 6.07. The van der Waals surface area contributed by atoms with Crippen molar-refractivity contribution in [3.8, 4) is 0 Å². The Hall–Kier alpha value is 2.47. The van der Waals surface area contributed by atoms with Gasteiger partial charge in [-0.2, -0.15) is 0 Å². The first-order chi connectivity index (χ1) is 14.1. The van der Waals surface area contributed by atoms with Crippen molar-refractivity contribution in [2.24, 2.45) is 0 Å². The van der Waals surface area contributed by atoms with E-state index in [1.807, 2.05) is 0 Å². The molecular weight excluding hydrogens is 794 g/mol. The van der Waals surface area contributed by atoms with E-state index in [1.165, 1.54) is 39.0 Å². The minimum atomic E-state index is -0.278. The molecule has 0 aromatic heterocycles. The third-order valence-electron chi connectivity index (χ3n) is 5.23. The molecule has 0 N–H and O–H groups in total. The van der Waals surface area contributed by atoms with Crippen LogP contribution in [0, 0.1) is 34.6 Å². The molecule has 0 spiro atoms. The van der Waals surface area contributed by atoms with Gasteiger partial charge in [-0.05, 0) is 87.8 Å². The van der Waals surface area contributed by atoms with Gasteiger partial charge in [-0.15, -0.1) is 0 Å². The summed E-state index contributed by atoms with van der Waals surface area (Å²) in [5.74, 6) is 0. The van der Waals surface area contributed by atoms with Crippen molar-refractivity contribution in [2.45, 2.75) is 61.0 Å². The monoisotopic (exact) mass is 830 g/mol. The molecular formula is C21H36I3O3P2V. The van der Waals surface area contributed by atoms with Gasteiger partial charge in [-0.1, -0.05) is 20.6 Å². The van der Waals surface area contributed by atoms with Crippen LogP contribution in [0.3, 0.4) is 0 Å². The van der Waals surface area contributed by atoms with E-state index in [2.05, 4.69) is 116 Å². The molecule has 0 aliphatic rings. The van der Waals surface area contributed by atoms with Crippen molar-refractivity contribution in [3.63, 3.8) is 0 Å². The summed E-state index contributed by atoms with van der Waals surface area (Å²) in [6, 6.07) is 0. The Morgan fingerprint density at radius 3 is 1.93 bits per heavy atom. The molecule has 0 aliphatic heterocycles. The second-order valence-electron chi connectivity index (χ2n) is 7.04. The van der Waals surface area contributed by atoms with Crippen molar-refractivity contribution in [2.75, 3.05) is 26.4 Å². The van der Waals surface area contributed by atoms with Crippen molar-refractivity contribution >= 4 is 77.4 Å². The Morgan fingerprint density at radius 1 is 0.900 bits per heavy atom. The second-order valence-corrected chi connectivity index (χ2v) is 43.6. The first-order valence-electron chi connectivity index (χ1n) is 9.85.